The summed E-state index contributed by atoms with van der Waals surface area (Å²) >= 11 is 0. The van der Waals surface area contributed by atoms with Gasteiger partial charge in [-0.25, -0.2) is 9.18 Å². The highest BCUT2D eigenvalue weighted by Crippen LogP contribution is 2.16. The Hall–Kier alpha value is -2.17. The molecule has 2 aromatic rings. The lowest BCUT2D eigenvalue weighted by atomic mass is 10.1. The molecule has 100 valence electrons. The van der Waals surface area contributed by atoms with Crippen LogP contribution in [0.15, 0.2) is 23.1 Å². The number of halogens is 1. The van der Waals surface area contributed by atoms with Crippen LogP contribution in [0.3, 0.4) is 0 Å². The standard InChI is InChI=1S/C14H14FNO3/c1-3-8-5-9-12(11(15)6-8)16-7-10(13(9)17)14(18)19-4-2/h5-7H,3-4H2,1-2H3,(H,16,17). The van der Waals surface area contributed by atoms with E-state index >= 15 is 0 Å². The Balaban J connectivity index is 2.70. The molecule has 0 amide bonds. The number of benzene rings is 1. The number of H-pyrrole nitrogens is 1. The number of fused-ring (bicyclic) bond motifs is 1. The van der Waals surface area contributed by atoms with E-state index in [4.69, 9.17) is 4.74 Å². The van der Waals surface area contributed by atoms with Crippen LogP contribution in [0.2, 0.25) is 0 Å². The molecule has 1 aromatic heterocycles. The average Bonchev–Trinajstić information content (AvgIpc) is 2.39. The van der Waals surface area contributed by atoms with Gasteiger partial charge in [0, 0.05) is 11.6 Å². The quantitative estimate of drug-likeness (QED) is 0.865. The van der Waals surface area contributed by atoms with Crippen molar-refractivity contribution in [2.45, 2.75) is 20.3 Å². The molecule has 0 fully saturated rings. The van der Waals surface area contributed by atoms with E-state index in [1.807, 2.05) is 6.92 Å². The predicted octanol–water partition coefficient (Wildman–Crippen LogP) is 2.41. The largest absolute Gasteiger partial charge is 0.462 e. The van der Waals surface area contributed by atoms with Crippen molar-refractivity contribution in [3.8, 4) is 0 Å². The van der Waals surface area contributed by atoms with Crippen LogP contribution in [0, 0.1) is 5.82 Å². The molecular weight excluding hydrogens is 249 g/mol. The van der Waals surface area contributed by atoms with E-state index in [-0.39, 0.29) is 23.1 Å². The van der Waals surface area contributed by atoms with Crippen LogP contribution < -0.4 is 5.43 Å². The Morgan fingerprint density at radius 2 is 2.11 bits per heavy atom. The number of ether oxygens (including phenoxy) is 1. The fourth-order valence-corrected chi connectivity index (χ4v) is 1.91. The van der Waals surface area contributed by atoms with E-state index in [0.717, 1.165) is 0 Å². The molecule has 0 aliphatic rings. The van der Waals surface area contributed by atoms with Gasteiger partial charge in [0.2, 0.25) is 5.43 Å². The van der Waals surface area contributed by atoms with E-state index in [1.165, 1.54) is 12.3 Å². The first-order valence-corrected chi connectivity index (χ1v) is 6.09. The van der Waals surface area contributed by atoms with E-state index in [0.29, 0.717) is 12.0 Å². The van der Waals surface area contributed by atoms with Crippen molar-refractivity contribution in [1.29, 1.82) is 0 Å². The molecule has 1 heterocycles. The summed E-state index contributed by atoms with van der Waals surface area (Å²) in [6.07, 6.45) is 1.80. The maximum Gasteiger partial charge on any atom is 0.343 e. The maximum atomic E-state index is 13.8. The van der Waals surface area contributed by atoms with Gasteiger partial charge in [0.1, 0.15) is 11.4 Å². The van der Waals surface area contributed by atoms with Crippen LogP contribution in [-0.4, -0.2) is 17.6 Å². The second kappa shape index (κ2) is 5.22. The minimum Gasteiger partial charge on any atom is -0.462 e. The zero-order chi connectivity index (χ0) is 14.0. The molecular formula is C14H14FNO3. The van der Waals surface area contributed by atoms with Crippen molar-refractivity contribution in [3.63, 3.8) is 0 Å². The lowest BCUT2D eigenvalue weighted by Crippen LogP contribution is -2.18. The minimum atomic E-state index is -0.701. The zero-order valence-electron chi connectivity index (χ0n) is 10.7. The summed E-state index contributed by atoms with van der Waals surface area (Å²) in [7, 11) is 0. The van der Waals surface area contributed by atoms with Crippen molar-refractivity contribution < 1.29 is 13.9 Å². The van der Waals surface area contributed by atoms with Crippen LogP contribution in [0.5, 0.6) is 0 Å². The van der Waals surface area contributed by atoms with E-state index < -0.39 is 17.2 Å². The van der Waals surface area contributed by atoms with Gasteiger partial charge >= 0.3 is 5.97 Å². The molecule has 0 unspecified atom stereocenters. The first-order valence-electron chi connectivity index (χ1n) is 6.09. The lowest BCUT2D eigenvalue weighted by Gasteiger charge is -2.06. The highest BCUT2D eigenvalue weighted by Gasteiger charge is 2.15. The minimum absolute atomic E-state index is 0.107. The van der Waals surface area contributed by atoms with Crippen molar-refractivity contribution in [1.82, 2.24) is 4.98 Å². The molecule has 0 aliphatic carbocycles. The van der Waals surface area contributed by atoms with Crippen molar-refractivity contribution in [2.24, 2.45) is 0 Å². The number of hydrogen-bond acceptors (Lipinski definition) is 3. The monoisotopic (exact) mass is 263 g/mol. The third-order valence-electron chi connectivity index (χ3n) is 2.90. The Morgan fingerprint density at radius 1 is 1.37 bits per heavy atom. The Bertz CT molecular complexity index is 691. The summed E-state index contributed by atoms with van der Waals surface area (Å²) in [5.41, 5.74) is 0.190. The molecule has 0 saturated carbocycles. The normalized spacial score (nSPS) is 10.7. The molecule has 2 rings (SSSR count). The van der Waals surface area contributed by atoms with Crippen molar-refractivity contribution in [2.75, 3.05) is 6.61 Å². The van der Waals surface area contributed by atoms with Crippen LogP contribution in [0.25, 0.3) is 10.9 Å². The third-order valence-corrected chi connectivity index (χ3v) is 2.90. The predicted molar refractivity (Wildman–Crippen MR) is 69.9 cm³/mol. The van der Waals surface area contributed by atoms with Gasteiger partial charge in [-0.2, -0.15) is 0 Å². The lowest BCUT2D eigenvalue weighted by molar-refractivity contribution is 0.0524. The van der Waals surface area contributed by atoms with Gasteiger partial charge < -0.3 is 9.72 Å². The number of pyridine rings is 1. The highest BCUT2D eigenvalue weighted by atomic mass is 19.1. The molecule has 4 nitrogen and oxygen atoms in total. The number of hydrogen-bond donors (Lipinski definition) is 1. The smallest absolute Gasteiger partial charge is 0.343 e. The number of aromatic amines is 1. The molecule has 0 saturated heterocycles. The Morgan fingerprint density at radius 3 is 2.74 bits per heavy atom. The third kappa shape index (κ3) is 2.36. The number of esters is 1. The van der Waals surface area contributed by atoms with Crippen LogP contribution >= 0.6 is 0 Å². The molecule has 0 bridgehead atoms. The van der Waals surface area contributed by atoms with E-state index in [2.05, 4.69) is 4.98 Å². The van der Waals surface area contributed by atoms with Gasteiger partial charge in [-0.15, -0.1) is 0 Å². The fraction of sp³-hybridized carbons (Fsp3) is 0.286. The maximum absolute atomic E-state index is 13.8. The number of aryl methyl sites for hydroxylation is 1. The van der Waals surface area contributed by atoms with Gasteiger partial charge in [0.15, 0.2) is 0 Å². The summed E-state index contributed by atoms with van der Waals surface area (Å²) in [5.74, 6) is -1.20. The van der Waals surface area contributed by atoms with Crippen LogP contribution in [0.1, 0.15) is 29.8 Å². The number of rotatable bonds is 3. The molecule has 5 heteroatoms. The fourth-order valence-electron chi connectivity index (χ4n) is 1.91. The summed E-state index contributed by atoms with van der Waals surface area (Å²) in [5, 5.41) is 0.169. The topological polar surface area (TPSA) is 59.2 Å². The second-order valence-electron chi connectivity index (χ2n) is 4.11. The molecule has 0 radical (unpaired) electrons. The summed E-state index contributed by atoms with van der Waals surface area (Å²) in [4.78, 5) is 26.4. The Labute approximate surface area is 109 Å². The van der Waals surface area contributed by atoms with Gasteiger partial charge in [0.25, 0.3) is 0 Å². The van der Waals surface area contributed by atoms with E-state index in [1.54, 1.807) is 13.0 Å². The number of aromatic nitrogens is 1. The second-order valence-corrected chi connectivity index (χ2v) is 4.11. The number of carbonyl (C=O) groups excluding carboxylic acids is 1. The summed E-state index contributed by atoms with van der Waals surface area (Å²) in [6, 6.07) is 2.97. The number of carbonyl (C=O) groups is 1. The zero-order valence-corrected chi connectivity index (χ0v) is 10.7. The summed E-state index contributed by atoms with van der Waals surface area (Å²) < 4.78 is 18.6. The molecule has 0 spiro atoms. The van der Waals surface area contributed by atoms with Crippen molar-refractivity contribution in [3.05, 3.63) is 45.5 Å². The van der Waals surface area contributed by atoms with Gasteiger partial charge in [-0.05, 0) is 31.0 Å². The van der Waals surface area contributed by atoms with E-state index in [9.17, 15) is 14.0 Å². The van der Waals surface area contributed by atoms with Gasteiger partial charge in [-0.3, -0.25) is 4.79 Å². The summed E-state index contributed by atoms with van der Waals surface area (Å²) in [6.45, 7) is 3.70. The molecule has 19 heavy (non-hydrogen) atoms. The van der Waals surface area contributed by atoms with Crippen LogP contribution in [-0.2, 0) is 11.2 Å². The highest BCUT2D eigenvalue weighted by molar-refractivity contribution is 5.93. The first-order chi connectivity index (χ1) is 9.08. The average molecular weight is 263 g/mol. The number of nitrogens with one attached hydrogen (secondary N) is 1. The molecule has 0 atom stereocenters. The van der Waals surface area contributed by atoms with Gasteiger partial charge in [0.05, 0.1) is 12.1 Å². The first kappa shape index (κ1) is 13.3. The molecule has 1 aromatic carbocycles. The van der Waals surface area contributed by atoms with Crippen LogP contribution in [0.4, 0.5) is 4.39 Å². The Kier molecular flexibility index (Phi) is 3.64. The molecule has 1 N–H and O–H groups in total. The van der Waals surface area contributed by atoms with Crippen molar-refractivity contribution >= 4 is 16.9 Å². The molecule has 0 aliphatic heterocycles. The van der Waals surface area contributed by atoms with Gasteiger partial charge in [-0.1, -0.05) is 6.92 Å². The SMILES string of the molecule is CCOC(=O)c1c[nH]c2c(F)cc(CC)cc2c1=O.